The van der Waals surface area contributed by atoms with Crippen molar-refractivity contribution in [2.75, 3.05) is 6.54 Å². The molecule has 3 aliphatic rings. The summed E-state index contributed by atoms with van der Waals surface area (Å²) in [4.78, 5) is 13.9. The van der Waals surface area contributed by atoms with Gasteiger partial charge in [-0.15, -0.1) is 0 Å². The first-order valence-electron chi connectivity index (χ1n) is 7.07. The summed E-state index contributed by atoms with van der Waals surface area (Å²) < 4.78 is 0. The molecule has 4 rings (SSSR count). The van der Waals surface area contributed by atoms with Crippen LogP contribution in [0.2, 0.25) is 0 Å². The van der Waals surface area contributed by atoms with Crippen LogP contribution in [0.5, 0.6) is 5.75 Å². The zero-order valence-corrected chi connectivity index (χ0v) is 10.9. The first-order valence-corrected chi connectivity index (χ1v) is 7.07. The molecule has 1 saturated heterocycles. The van der Waals surface area contributed by atoms with Gasteiger partial charge < -0.3 is 10.0 Å². The maximum Gasteiger partial charge on any atom is 0.223 e. The fraction of sp³-hybridized carbons (Fsp3) is 0.438. The van der Waals surface area contributed by atoms with Gasteiger partial charge in [0.2, 0.25) is 5.91 Å². The SMILES string of the molecule is O=C1CCC2C3=C(CCN12)c1ccc(O)cc1CC3. The third-order valence-corrected chi connectivity index (χ3v) is 4.80. The van der Waals surface area contributed by atoms with E-state index in [0.717, 1.165) is 32.2 Å². The number of rotatable bonds is 0. The fourth-order valence-corrected chi connectivity index (χ4v) is 3.95. The lowest BCUT2D eigenvalue weighted by atomic mass is 9.79. The quantitative estimate of drug-likeness (QED) is 0.773. The number of phenols is 1. The van der Waals surface area contributed by atoms with E-state index in [0.29, 0.717) is 24.1 Å². The van der Waals surface area contributed by atoms with Crippen molar-refractivity contribution >= 4 is 11.5 Å². The van der Waals surface area contributed by atoms with Crippen LogP contribution in [-0.4, -0.2) is 28.5 Å². The van der Waals surface area contributed by atoms with Crippen LogP contribution in [0.4, 0.5) is 0 Å². The number of amides is 1. The van der Waals surface area contributed by atoms with Gasteiger partial charge in [-0.1, -0.05) is 6.07 Å². The van der Waals surface area contributed by atoms with Gasteiger partial charge in [0.1, 0.15) is 5.75 Å². The van der Waals surface area contributed by atoms with E-state index in [1.807, 2.05) is 12.1 Å². The van der Waals surface area contributed by atoms with Gasteiger partial charge in [-0.25, -0.2) is 0 Å². The van der Waals surface area contributed by atoms with Crippen molar-refractivity contribution in [1.29, 1.82) is 0 Å². The van der Waals surface area contributed by atoms with Crippen molar-refractivity contribution < 1.29 is 9.90 Å². The van der Waals surface area contributed by atoms with E-state index in [2.05, 4.69) is 4.90 Å². The minimum Gasteiger partial charge on any atom is -0.508 e. The van der Waals surface area contributed by atoms with Crippen molar-refractivity contribution in [3.63, 3.8) is 0 Å². The summed E-state index contributed by atoms with van der Waals surface area (Å²) in [5.41, 5.74) is 5.49. The Balaban J connectivity index is 1.82. The Labute approximate surface area is 112 Å². The van der Waals surface area contributed by atoms with Gasteiger partial charge in [0.05, 0.1) is 6.04 Å². The molecule has 3 heteroatoms. The van der Waals surface area contributed by atoms with E-state index in [1.165, 1.54) is 22.3 Å². The highest BCUT2D eigenvalue weighted by molar-refractivity contribution is 5.84. The van der Waals surface area contributed by atoms with Crippen LogP contribution in [0.1, 0.15) is 36.8 Å². The molecule has 1 N–H and O–H groups in total. The number of carbonyl (C=O) groups is 1. The summed E-state index contributed by atoms with van der Waals surface area (Å²) in [5, 5.41) is 9.60. The topological polar surface area (TPSA) is 40.5 Å². The number of carbonyl (C=O) groups excluding carboxylic acids is 1. The molecule has 0 bridgehead atoms. The molecule has 2 heterocycles. The summed E-state index contributed by atoms with van der Waals surface area (Å²) in [6, 6.07) is 6.08. The zero-order chi connectivity index (χ0) is 13.0. The Kier molecular flexibility index (Phi) is 2.25. The predicted molar refractivity (Wildman–Crippen MR) is 72.7 cm³/mol. The third kappa shape index (κ3) is 1.54. The summed E-state index contributed by atoms with van der Waals surface area (Å²) in [6.07, 6.45) is 4.70. The lowest BCUT2D eigenvalue weighted by molar-refractivity contribution is -0.128. The number of aromatic hydroxyl groups is 1. The summed E-state index contributed by atoms with van der Waals surface area (Å²) in [7, 11) is 0. The minimum atomic E-state index is 0.327. The lowest BCUT2D eigenvalue weighted by Crippen LogP contribution is -2.39. The van der Waals surface area contributed by atoms with Crippen LogP contribution >= 0.6 is 0 Å². The summed E-state index contributed by atoms with van der Waals surface area (Å²) in [6.45, 7) is 0.864. The highest BCUT2D eigenvalue weighted by Crippen LogP contribution is 2.43. The van der Waals surface area contributed by atoms with E-state index >= 15 is 0 Å². The summed E-state index contributed by atoms with van der Waals surface area (Å²) >= 11 is 0. The molecule has 1 atom stereocenters. The molecule has 19 heavy (non-hydrogen) atoms. The van der Waals surface area contributed by atoms with Gasteiger partial charge in [0.25, 0.3) is 0 Å². The van der Waals surface area contributed by atoms with E-state index < -0.39 is 0 Å². The van der Waals surface area contributed by atoms with Crippen LogP contribution < -0.4 is 0 Å². The number of hydrogen-bond donors (Lipinski definition) is 1. The van der Waals surface area contributed by atoms with Gasteiger partial charge in [-0.2, -0.15) is 0 Å². The first-order chi connectivity index (χ1) is 9.24. The molecule has 98 valence electrons. The normalized spacial score (nSPS) is 25.2. The van der Waals surface area contributed by atoms with Crippen LogP contribution in [0.25, 0.3) is 5.57 Å². The van der Waals surface area contributed by atoms with Gasteiger partial charge in [0.15, 0.2) is 0 Å². The molecule has 3 nitrogen and oxygen atoms in total. The molecule has 0 saturated carbocycles. The van der Waals surface area contributed by atoms with Crippen LogP contribution in [0, 0.1) is 0 Å². The number of hydrogen-bond acceptors (Lipinski definition) is 2. The van der Waals surface area contributed by atoms with E-state index in [4.69, 9.17) is 0 Å². The number of nitrogens with zero attached hydrogens (tertiary/aromatic N) is 1. The standard InChI is InChI=1S/C16H17NO2/c18-11-2-4-12-10(9-11)1-3-14-13(12)7-8-17-15(14)5-6-16(17)19/h2,4,9,15,18H,1,3,5-8H2. The minimum absolute atomic E-state index is 0.327. The van der Waals surface area contributed by atoms with Crippen LogP contribution in [0.15, 0.2) is 23.8 Å². The van der Waals surface area contributed by atoms with Crippen molar-refractivity contribution in [3.05, 3.63) is 34.9 Å². The van der Waals surface area contributed by atoms with E-state index in [1.54, 1.807) is 6.07 Å². The second-order valence-corrected chi connectivity index (χ2v) is 5.74. The number of aryl methyl sites for hydroxylation is 1. The Hall–Kier alpha value is -1.77. The van der Waals surface area contributed by atoms with Crippen LogP contribution in [-0.2, 0) is 11.2 Å². The highest BCUT2D eigenvalue weighted by Gasteiger charge is 2.38. The Morgan fingerprint density at radius 2 is 2.05 bits per heavy atom. The molecule has 0 aromatic heterocycles. The average Bonchev–Trinajstić information content (AvgIpc) is 2.80. The molecular weight excluding hydrogens is 238 g/mol. The third-order valence-electron chi connectivity index (χ3n) is 4.80. The number of fused-ring (bicyclic) bond motifs is 4. The largest absolute Gasteiger partial charge is 0.508 e. The smallest absolute Gasteiger partial charge is 0.223 e. The second-order valence-electron chi connectivity index (χ2n) is 5.74. The van der Waals surface area contributed by atoms with Gasteiger partial charge in [0, 0.05) is 13.0 Å². The molecule has 1 unspecified atom stereocenters. The molecule has 1 aromatic carbocycles. The highest BCUT2D eigenvalue weighted by atomic mass is 16.3. The second kappa shape index (κ2) is 3.86. The van der Waals surface area contributed by atoms with Gasteiger partial charge in [-0.05, 0) is 60.1 Å². The fourth-order valence-electron chi connectivity index (χ4n) is 3.95. The van der Waals surface area contributed by atoms with E-state index in [9.17, 15) is 9.90 Å². The van der Waals surface area contributed by atoms with Crippen LogP contribution in [0.3, 0.4) is 0 Å². The lowest BCUT2D eigenvalue weighted by Gasteiger charge is -2.37. The molecule has 1 amide bonds. The Morgan fingerprint density at radius 3 is 2.95 bits per heavy atom. The van der Waals surface area contributed by atoms with Gasteiger partial charge >= 0.3 is 0 Å². The van der Waals surface area contributed by atoms with Crippen molar-refractivity contribution in [1.82, 2.24) is 4.90 Å². The predicted octanol–water partition coefficient (Wildman–Crippen LogP) is 2.49. The Bertz CT molecular complexity index is 603. The average molecular weight is 255 g/mol. The number of benzene rings is 1. The zero-order valence-electron chi connectivity index (χ0n) is 10.9. The molecule has 2 aliphatic heterocycles. The van der Waals surface area contributed by atoms with Gasteiger partial charge in [-0.3, -0.25) is 4.79 Å². The molecule has 1 fully saturated rings. The molecule has 1 aromatic rings. The Morgan fingerprint density at radius 1 is 1.16 bits per heavy atom. The molecular formula is C16H17NO2. The van der Waals surface area contributed by atoms with Crippen molar-refractivity contribution in [2.24, 2.45) is 0 Å². The number of phenolic OH excluding ortho intramolecular Hbond substituents is 1. The molecule has 1 aliphatic carbocycles. The molecule has 0 radical (unpaired) electrons. The van der Waals surface area contributed by atoms with Crippen molar-refractivity contribution in [2.45, 2.75) is 38.1 Å². The maximum absolute atomic E-state index is 11.8. The maximum atomic E-state index is 11.8. The van der Waals surface area contributed by atoms with E-state index in [-0.39, 0.29) is 0 Å². The van der Waals surface area contributed by atoms with Crippen molar-refractivity contribution in [3.8, 4) is 5.75 Å². The molecule has 0 spiro atoms. The first kappa shape index (κ1) is 11.1. The summed E-state index contributed by atoms with van der Waals surface area (Å²) in [5.74, 6) is 0.685. The monoisotopic (exact) mass is 255 g/mol.